The number of hydrazone groups is 1. The molecule has 140 valence electrons. The summed E-state index contributed by atoms with van der Waals surface area (Å²) < 4.78 is 0. The topological polar surface area (TPSA) is 69.6 Å². The van der Waals surface area contributed by atoms with Crippen molar-refractivity contribution in [3.63, 3.8) is 0 Å². The monoisotopic (exact) mass is 355 g/mol. The van der Waals surface area contributed by atoms with Gasteiger partial charge in [0.05, 0.1) is 22.8 Å². The van der Waals surface area contributed by atoms with Crippen LogP contribution in [0.15, 0.2) is 41.0 Å². The number of carbonyl (C=O) groups is 1. The van der Waals surface area contributed by atoms with Gasteiger partial charge in [-0.2, -0.15) is 5.10 Å². The molecule has 0 unspecified atom stereocenters. The molecule has 1 aromatic rings. The summed E-state index contributed by atoms with van der Waals surface area (Å²) in [7, 11) is 0. The molecule has 0 aliphatic carbocycles. The van der Waals surface area contributed by atoms with Crippen LogP contribution in [-0.2, 0) is 6.42 Å². The Hall–Kier alpha value is -2.63. The molecule has 0 fully saturated rings. The smallest absolute Gasteiger partial charge is 0.307 e. The molecule has 0 spiro atoms. The van der Waals surface area contributed by atoms with Gasteiger partial charge in [0.2, 0.25) is 0 Å². The molecule has 0 bridgehead atoms. The number of aryl methyl sites for hydroxylation is 2. The minimum absolute atomic E-state index is 0.254. The van der Waals surface area contributed by atoms with Crippen molar-refractivity contribution in [2.75, 3.05) is 11.9 Å². The first-order valence-electron chi connectivity index (χ1n) is 9.26. The number of rotatable bonds is 6. The van der Waals surface area contributed by atoms with Gasteiger partial charge in [-0.15, -0.1) is 0 Å². The SMILES string of the molecule is CC/C=C1\C(NC(=O)Nc2c(C)cncc2CCC)=CC(C)=NN1CC. The quantitative estimate of drug-likeness (QED) is 0.797. The predicted molar refractivity (Wildman–Crippen MR) is 107 cm³/mol. The Balaban J connectivity index is 2.22. The molecule has 0 atom stereocenters. The van der Waals surface area contributed by atoms with E-state index >= 15 is 0 Å². The Bertz CT molecular complexity index is 749. The molecular weight excluding hydrogens is 326 g/mol. The number of urea groups is 1. The summed E-state index contributed by atoms with van der Waals surface area (Å²) in [5.41, 5.74) is 5.41. The first kappa shape index (κ1) is 19.7. The van der Waals surface area contributed by atoms with Crippen LogP contribution in [0.5, 0.6) is 0 Å². The molecule has 0 saturated carbocycles. The molecule has 2 heterocycles. The standard InChI is InChI=1S/C20H29N5O/c1-6-9-16-13-21-12-14(4)19(16)23-20(26)22-17-11-15(5)24-25(8-3)18(17)10-7-2/h10-13H,6-9H2,1-5H3,(H2,21,22,23,26)/b18-10+. The summed E-state index contributed by atoms with van der Waals surface area (Å²) in [4.78, 5) is 16.9. The highest BCUT2D eigenvalue weighted by molar-refractivity contribution is 5.97. The van der Waals surface area contributed by atoms with E-state index in [2.05, 4.69) is 40.6 Å². The van der Waals surface area contributed by atoms with Gasteiger partial charge in [0.1, 0.15) is 0 Å². The molecule has 1 aliphatic heterocycles. The van der Waals surface area contributed by atoms with E-state index in [-0.39, 0.29) is 6.03 Å². The molecule has 26 heavy (non-hydrogen) atoms. The molecule has 6 heteroatoms. The largest absolute Gasteiger partial charge is 0.323 e. The number of pyridine rings is 1. The molecule has 2 rings (SSSR count). The normalized spacial score (nSPS) is 15.6. The maximum atomic E-state index is 12.7. The van der Waals surface area contributed by atoms with E-state index in [1.807, 2.05) is 38.1 Å². The zero-order valence-corrected chi connectivity index (χ0v) is 16.4. The zero-order valence-electron chi connectivity index (χ0n) is 16.4. The molecule has 0 radical (unpaired) electrons. The van der Waals surface area contributed by atoms with Crippen LogP contribution in [0.4, 0.5) is 10.5 Å². The number of anilines is 1. The maximum Gasteiger partial charge on any atom is 0.323 e. The number of aromatic nitrogens is 1. The highest BCUT2D eigenvalue weighted by atomic mass is 16.2. The van der Waals surface area contributed by atoms with Crippen molar-refractivity contribution < 1.29 is 4.79 Å². The summed E-state index contributed by atoms with van der Waals surface area (Å²) in [5, 5.41) is 12.4. The Morgan fingerprint density at radius 2 is 1.96 bits per heavy atom. The van der Waals surface area contributed by atoms with Gasteiger partial charge in [-0.3, -0.25) is 9.99 Å². The number of allylic oxidation sites excluding steroid dienone is 2. The summed E-state index contributed by atoms with van der Waals surface area (Å²) >= 11 is 0. The average Bonchev–Trinajstić information content (AvgIpc) is 2.60. The minimum Gasteiger partial charge on any atom is -0.307 e. The molecular formula is C20H29N5O. The van der Waals surface area contributed by atoms with E-state index in [1.54, 1.807) is 6.20 Å². The lowest BCUT2D eigenvalue weighted by molar-refractivity contribution is 0.253. The van der Waals surface area contributed by atoms with E-state index in [4.69, 9.17) is 0 Å². The number of carbonyl (C=O) groups excluding carboxylic acids is 1. The Labute approximate surface area is 156 Å². The molecule has 0 saturated heterocycles. The van der Waals surface area contributed by atoms with Crippen molar-refractivity contribution in [3.05, 3.63) is 47.1 Å². The number of hydrogen-bond donors (Lipinski definition) is 2. The van der Waals surface area contributed by atoms with Crippen LogP contribution < -0.4 is 10.6 Å². The van der Waals surface area contributed by atoms with Gasteiger partial charge in [0.25, 0.3) is 0 Å². The first-order chi connectivity index (χ1) is 12.5. The van der Waals surface area contributed by atoms with Gasteiger partial charge < -0.3 is 10.6 Å². The van der Waals surface area contributed by atoms with Crippen LogP contribution in [0.3, 0.4) is 0 Å². The molecule has 2 N–H and O–H groups in total. The second-order valence-corrected chi connectivity index (χ2v) is 6.33. The lowest BCUT2D eigenvalue weighted by Crippen LogP contribution is -2.35. The van der Waals surface area contributed by atoms with Gasteiger partial charge in [-0.05, 0) is 50.8 Å². The van der Waals surface area contributed by atoms with Crippen molar-refractivity contribution in [1.82, 2.24) is 15.3 Å². The van der Waals surface area contributed by atoms with Crippen LogP contribution in [0.25, 0.3) is 0 Å². The van der Waals surface area contributed by atoms with Crippen LogP contribution in [0.1, 0.15) is 51.7 Å². The number of amides is 2. The second-order valence-electron chi connectivity index (χ2n) is 6.33. The van der Waals surface area contributed by atoms with Crippen molar-refractivity contribution in [1.29, 1.82) is 0 Å². The molecule has 1 aromatic heterocycles. The lowest BCUT2D eigenvalue weighted by Gasteiger charge is -2.27. The third-order valence-electron chi connectivity index (χ3n) is 4.10. The van der Waals surface area contributed by atoms with Crippen LogP contribution in [-0.4, -0.2) is 28.3 Å². The van der Waals surface area contributed by atoms with Gasteiger partial charge in [-0.1, -0.05) is 26.3 Å². The van der Waals surface area contributed by atoms with Crippen molar-refractivity contribution in [2.45, 2.75) is 53.9 Å². The van der Waals surface area contributed by atoms with Crippen molar-refractivity contribution in [2.24, 2.45) is 5.10 Å². The van der Waals surface area contributed by atoms with E-state index in [0.717, 1.165) is 59.7 Å². The Kier molecular flexibility index (Phi) is 6.95. The summed E-state index contributed by atoms with van der Waals surface area (Å²) in [6.07, 6.45) is 10.3. The maximum absolute atomic E-state index is 12.7. The van der Waals surface area contributed by atoms with E-state index in [1.165, 1.54) is 0 Å². The third kappa shape index (κ3) is 4.71. The van der Waals surface area contributed by atoms with E-state index in [9.17, 15) is 4.79 Å². The Morgan fingerprint density at radius 1 is 1.19 bits per heavy atom. The average molecular weight is 355 g/mol. The fraction of sp³-hybridized carbons (Fsp3) is 0.450. The van der Waals surface area contributed by atoms with Crippen LogP contribution >= 0.6 is 0 Å². The van der Waals surface area contributed by atoms with Crippen LogP contribution in [0.2, 0.25) is 0 Å². The van der Waals surface area contributed by atoms with Crippen LogP contribution in [0, 0.1) is 6.92 Å². The highest BCUT2D eigenvalue weighted by Crippen LogP contribution is 2.22. The molecule has 0 aromatic carbocycles. The number of nitrogens with zero attached hydrogens (tertiary/aromatic N) is 3. The summed E-state index contributed by atoms with van der Waals surface area (Å²) in [6.45, 7) is 10.9. The van der Waals surface area contributed by atoms with Crippen molar-refractivity contribution in [3.8, 4) is 0 Å². The number of likely N-dealkylation sites (N-methyl/N-ethyl adjacent to an activating group) is 1. The summed E-state index contributed by atoms with van der Waals surface area (Å²) in [5.74, 6) is 0. The fourth-order valence-corrected chi connectivity index (χ4v) is 2.97. The lowest BCUT2D eigenvalue weighted by atomic mass is 10.1. The van der Waals surface area contributed by atoms with Gasteiger partial charge in [0.15, 0.2) is 0 Å². The molecule has 6 nitrogen and oxygen atoms in total. The summed E-state index contributed by atoms with van der Waals surface area (Å²) in [6, 6.07) is -0.254. The molecule has 1 aliphatic rings. The van der Waals surface area contributed by atoms with Gasteiger partial charge in [-0.25, -0.2) is 4.79 Å². The van der Waals surface area contributed by atoms with Crippen molar-refractivity contribution >= 4 is 17.4 Å². The number of nitrogens with one attached hydrogen (secondary N) is 2. The van der Waals surface area contributed by atoms with E-state index in [0.29, 0.717) is 0 Å². The predicted octanol–water partition coefficient (Wildman–Crippen LogP) is 4.35. The number of hydrogen-bond acceptors (Lipinski definition) is 4. The van der Waals surface area contributed by atoms with Gasteiger partial charge >= 0.3 is 6.03 Å². The minimum atomic E-state index is -0.254. The molecule has 2 amide bonds. The first-order valence-corrected chi connectivity index (χ1v) is 9.26. The van der Waals surface area contributed by atoms with E-state index < -0.39 is 0 Å². The third-order valence-corrected chi connectivity index (χ3v) is 4.10. The fourth-order valence-electron chi connectivity index (χ4n) is 2.97. The second kappa shape index (κ2) is 9.17. The Morgan fingerprint density at radius 3 is 2.62 bits per heavy atom. The zero-order chi connectivity index (χ0) is 19.1. The van der Waals surface area contributed by atoms with Gasteiger partial charge in [0, 0.05) is 18.9 Å². The highest BCUT2D eigenvalue weighted by Gasteiger charge is 2.19.